The molecule has 0 aliphatic carbocycles. The van der Waals surface area contributed by atoms with Crippen molar-refractivity contribution in [3.8, 4) is 0 Å². The van der Waals surface area contributed by atoms with E-state index in [0.717, 1.165) is 36.9 Å². The van der Waals surface area contributed by atoms with E-state index in [0.29, 0.717) is 0 Å². The van der Waals surface area contributed by atoms with Crippen molar-refractivity contribution in [2.75, 3.05) is 25.9 Å². The highest BCUT2D eigenvalue weighted by atomic mass is 32.2. The number of nitrogens with one attached hydrogen (secondary N) is 2. The number of rotatable bonds is 7. The molecule has 4 nitrogen and oxygen atoms in total. The Bertz CT molecular complexity index is 643. The average molecular weight is 363 g/mol. The van der Waals surface area contributed by atoms with Gasteiger partial charge in [0.1, 0.15) is 0 Å². The van der Waals surface area contributed by atoms with Gasteiger partial charge in [-0.05, 0) is 32.9 Å². The number of thiazole rings is 1. The molecular weight excluding hydrogens is 336 g/mol. The van der Waals surface area contributed by atoms with Crippen molar-refractivity contribution in [3.63, 3.8) is 0 Å². The van der Waals surface area contributed by atoms with Gasteiger partial charge in [0.15, 0.2) is 5.96 Å². The molecule has 0 aliphatic heterocycles. The zero-order valence-electron chi connectivity index (χ0n) is 14.8. The van der Waals surface area contributed by atoms with Gasteiger partial charge in [0.05, 0.1) is 10.7 Å². The van der Waals surface area contributed by atoms with Crippen LogP contribution in [0.4, 0.5) is 0 Å². The van der Waals surface area contributed by atoms with Crippen molar-refractivity contribution >= 4 is 29.1 Å². The van der Waals surface area contributed by atoms with Crippen molar-refractivity contribution in [1.82, 2.24) is 15.6 Å². The molecule has 130 valence electrons. The third-order valence-corrected chi connectivity index (χ3v) is 5.76. The molecule has 2 N–H and O–H groups in total. The number of hydrogen-bond donors (Lipinski definition) is 2. The molecule has 0 aliphatic rings. The fraction of sp³-hybridized carbons (Fsp3) is 0.444. The van der Waals surface area contributed by atoms with E-state index >= 15 is 0 Å². The number of hydrogen-bond acceptors (Lipinski definition) is 4. The van der Waals surface area contributed by atoms with Crippen LogP contribution in [0, 0.1) is 20.8 Å². The first kappa shape index (κ1) is 18.8. The first-order valence-corrected chi connectivity index (χ1v) is 9.95. The zero-order chi connectivity index (χ0) is 17.4. The summed E-state index contributed by atoms with van der Waals surface area (Å²) in [6.45, 7) is 8.02. The number of thioether (sulfide) groups is 1. The monoisotopic (exact) mass is 362 g/mol. The van der Waals surface area contributed by atoms with Gasteiger partial charge in [-0.1, -0.05) is 17.7 Å². The second kappa shape index (κ2) is 9.69. The van der Waals surface area contributed by atoms with Crippen LogP contribution in [-0.4, -0.2) is 36.8 Å². The molecule has 0 saturated heterocycles. The van der Waals surface area contributed by atoms with Gasteiger partial charge in [-0.15, -0.1) is 23.1 Å². The Morgan fingerprint density at radius 3 is 2.46 bits per heavy atom. The lowest BCUT2D eigenvalue weighted by Crippen LogP contribution is -2.39. The van der Waals surface area contributed by atoms with Crippen LogP contribution >= 0.6 is 23.1 Å². The van der Waals surface area contributed by atoms with Crippen LogP contribution < -0.4 is 10.6 Å². The third kappa shape index (κ3) is 6.17. The third-order valence-electron chi connectivity index (χ3n) is 3.61. The second-order valence-electron chi connectivity index (χ2n) is 5.59. The Morgan fingerprint density at radius 1 is 1.12 bits per heavy atom. The van der Waals surface area contributed by atoms with Crippen molar-refractivity contribution in [1.29, 1.82) is 0 Å². The molecule has 0 atom stereocenters. The van der Waals surface area contributed by atoms with Crippen LogP contribution in [0.5, 0.6) is 0 Å². The summed E-state index contributed by atoms with van der Waals surface area (Å²) in [4.78, 5) is 11.4. The molecule has 24 heavy (non-hydrogen) atoms. The summed E-state index contributed by atoms with van der Waals surface area (Å²) in [6, 6.07) is 8.65. The quantitative estimate of drug-likeness (QED) is 0.342. The molecule has 0 unspecified atom stereocenters. The summed E-state index contributed by atoms with van der Waals surface area (Å²) in [6.07, 6.45) is 0.929. The van der Waals surface area contributed by atoms with Gasteiger partial charge < -0.3 is 10.6 Å². The summed E-state index contributed by atoms with van der Waals surface area (Å²) in [5.41, 5.74) is 2.44. The minimum atomic E-state index is 0.844. The van der Waals surface area contributed by atoms with Crippen LogP contribution in [-0.2, 0) is 6.42 Å². The van der Waals surface area contributed by atoms with Crippen LogP contribution in [0.1, 0.15) is 21.1 Å². The summed E-state index contributed by atoms with van der Waals surface area (Å²) < 4.78 is 0. The van der Waals surface area contributed by atoms with Crippen LogP contribution in [0.2, 0.25) is 0 Å². The van der Waals surface area contributed by atoms with E-state index < -0.39 is 0 Å². The highest BCUT2D eigenvalue weighted by Crippen LogP contribution is 2.17. The summed E-state index contributed by atoms with van der Waals surface area (Å²) in [5.74, 6) is 1.86. The van der Waals surface area contributed by atoms with Gasteiger partial charge in [-0.25, -0.2) is 4.98 Å². The maximum absolute atomic E-state index is 4.56. The Kier molecular flexibility index (Phi) is 7.59. The van der Waals surface area contributed by atoms with Crippen molar-refractivity contribution < 1.29 is 0 Å². The van der Waals surface area contributed by atoms with Gasteiger partial charge >= 0.3 is 0 Å². The minimum Gasteiger partial charge on any atom is -0.356 e. The second-order valence-corrected chi connectivity index (χ2v) is 8.04. The van der Waals surface area contributed by atoms with Crippen molar-refractivity contribution in [2.45, 2.75) is 32.1 Å². The largest absolute Gasteiger partial charge is 0.356 e. The fourth-order valence-electron chi connectivity index (χ4n) is 2.13. The number of aliphatic imine (C=N–C) groups is 1. The molecule has 1 aromatic carbocycles. The van der Waals surface area contributed by atoms with Crippen molar-refractivity contribution in [2.24, 2.45) is 4.99 Å². The van der Waals surface area contributed by atoms with E-state index in [9.17, 15) is 0 Å². The topological polar surface area (TPSA) is 49.3 Å². The first-order valence-electron chi connectivity index (χ1n) is 8.15. The van der Waals surface area contributed by atoms with E-state index in [1.165, 1.54) is 20.3 Å². The van der Waals surface area contributed by atoms with E-state index in [2.05, 4.69) is 65.6 Å². The van der Waals surface area contributed by atoms with Gasteiger partial charge in [0, 0.05) is 42.1 Å². The molecule has 1 heterocycles. The molecule has 0 spiro atoms. The molecular formula is C18H26N4S2. The van der Waals surface area contributed by atoms with Gasteiger partial charge in [0.25, 0.3) is 0 Å². The Labute approximate surface area is 153 Å². The molecule has 1 aromatic heterocycles. The molecule has 0 radical (unpaired) electrons. The van der Waals surface area contributed by atoms with E-state index in [1.54, 1.807) is 18.4 Å². The van der Waals surface area contributed by atoms with Gasteiger partial charge in [-0.2, -0.15) is 0 Å². The highest BCUT2D eigenvalue weighted by Gasteiger charge is 2.04. The summed E-state index contributed by atoms with van der Waals surface area (Å²) >= 11 is 3.63. The minimum absolute atomic E-state index is 0.844. The Balaban J connectivity index is 1.64. The predicted molar refractivity (Wildman–Crippen MR) is 107 cm³/mol. The maximum atomic E-state index is 4.56. The normalized spacial score (nSPS) is 11.6. The lowest BCUT2D eigenvalue weighted by Gasteiger charge is -2.11. The number of benzene rings is 1. The Morgan fingerprint density at radius 2 is 1.83 bits per heavy atom. The lowest BCUT2D eigenvalue weighted by molar-refractivity contribution is 0.807. The first-order chi connectivity index (χ1) is 11.6. The van der Waals surface area contributed by atoms with E-state index in [4.69, 9.17) is 0 Å². The molecule has 0 fully saturated rings. The molecule has 0 amide bonds. The lowest BCUT2D eigenvalue weighted by atomic mass is 10.2. The van der Waals surface area contributed by atoms with E-state index in [-0.39, 0.29) is 0 Å². The van der Waals surface area contributed by atoms with Crippen LogP contribution in [0.25, 0.3) is 0 Å². The fourth-order valence-corrected chi connectivity index (χ4v) is 3.83. The Hall–Kier alpha value is -1.53. The molecule has 0 bridgehead atoms. The molecule has 6 heteroatoms. The predicted octanol–water partition coefficient (Wildman–Crippen LogP) is 3.57. The number of aromatic nitrogens is 1. The molecule has 2 rings (SSSR count). The number of aryl methyl sites for hydroxylation is 3. The van der Waals surface area contributed by atoms with Crippen LogP contribution in [0.3, 0.4) is 0 Å². The summed E-state index contributed by atoms with van der Waals surface area (Å²) in [7, 11) is 1.81. The highest BCUT2D eigenvalue weighted by molar-refractivity contribution is 7.99. The smallest absolute Gasteiger partial charge is 0.191 e. The van der Waals surface area contributed by atoms with Crippen LogP contribution in [0.15, 0.2) is 34.2 Å². The van der Waals surface area contributed by atoms with E-state index in [1.807, 2.05) is 11.8 Å². The zero-order valence-corrected chi connectivity index (χ0v) is 16.5. The molecule has 2 aromatic rings. The maximum Gasteiger partial charge on any atom is 0.191 e. The SMILES string of the molecule is CN=C(NCCSc1ccc(C)cc1)NCCc1nc(C)c(C)s1. The van der Waals surface area contributed by atoms with Crippen molar-refractivity contribution in [3.05, 3.63) is 45.4 Å². The average Bonchev–Trinajstić information content (AvgIpc) is 2.89. The number of nitrogens with zero attached hydrogens (tertiary/aromatic N) is 2. The summed E-state index contributed by atoms with van der Waals surface area (Å²) in [5, 5.41) is 7.89. The number of guanidine groups is 1. The molecule has 0 saturated carbocycles. The standard InChI is InChI=1S/C18H26N4S2/c1-13-5-7-16(8-6-13)23-12-11-21-18(19-4)20-10-9-17-22-14(2)15(3)24-17/h5-8H,9-12H2,1-4H3,(H2,19,20,21). The van der Waals surface area contributed by atoms with Gasteiger partial charge in [-0.3, -0.25) is 4.99 Å². The van der Waals surface area contributed by atoms with Gasteiger partial charge in [0.2, 0.25) is 0 Å².